The van der Waals surface area contributed by atoms with Crippen molar-refractivity contribution in [3.8, 4) is 5.75 Å². The molecule has 4 aromatic rings. The first-order chi connectivity index (χ1) is 14.1. The van der Waals surface area contributed by atoms with Crippen LogP contribution in [-0.2, 0) is 4.79 Å². The van der Waals surface area contributed by atoms with Gasteiger partial charge >= 0.3 is 0 Å². The summed E-state index contributed by atoms with van der Waals surface area (Å²) in [5.41, 5.74) is 3.24. The molecule has 144 valence electrons. The molecule has 0 spiro atoms. The van der Waals surface area contributed by atoms with E-state index in [4.69, 9.17) is 4.74 Å². The van der Waals surface area contributed by atoms with Gasteiger partial charge in [-0.15, -0.1) is 0 Å². The molecule has 3 aromatic carbocycles. The highest BCUT2D eigenvalue weighted by atomic mass is 16.5. The van der Waals surface area contributed by atoms with Crippen LogP contribution in [0.15, 0.2) is 82.7 Å². The molecular formula is C23H19N3O3. The number of benzene rings is 3. The Morgan fingerprint density at radius 2 is 1.72 bits per heavy atom. The van der Waals surface area contributed by atoms with Crippen molar-refractivity contribution in [3.05, 3.63) is 88.7 Å². The van der Waals surface area contributed by atoms with Crippen molar-refractivity contribution >= 4 is 33.8 Å². The summed E-state index contributed by atoms with van der Waals surface area (Å²) in [5, 5.41) is 6.91. The SMILES string of the molecule is CC(Oc1ccc2ccccc2c1)C(=O)N/N=C/c1cc2ccccc2[nH]c1=O. The molecular weight excluding hydrogens is 366 g/mol. The summed E-state index contributed by atoms with van der Waals surface area (Å²) in [6.45, 7) is 1.64. The predicted octanol–water partition coefficient (Wildman–Crippen LogP) is 3.60. The highest BCUT2D eigenvalue weighted by Gasteiger charge is 2.14. The number of fused-ring (bicyclic) bond motifs is 2. The molecule has 0 aliphatic carbocycles. The van der Waals surface area contributed by atoms with Crippen molar-refractivity contribution < 1.29 is 9.53 Å². The molecule has 6 heteroatoms. The average molecular weight is 385 g/mol. The summed E-state index contributed by atoms with van der Waals surface area (Å²) in [4.78, 5) is 27.2. The number of amides is 1. The monoisotopic (exact) mass is 385 g/mol. The molecule has 29 heavy (non-hydrogen) atoms. The van der Waals surface area contributed by atoms with Crippen LogP contribution >= 0.6 is 0 Å². The van der Waals surface area contributed by atoms with Gasteiger partial charge in [0.05, 0.1) is 11.8 Å². The third-order valence-corrected chi connectivity index (χ3v) is 4.56. The summed E-state index contributed by atoms with van der Waals surface area (Å²) in [7, 11) is 0. The number of hydrazone groups is 1. The lowest BCUT2D eigenvalue weighted by Crippen LogP contribution is -2.33. The second-order valence-electron chi connectivity index (χ2n) is 6.64. The molecule has 4 rings (SSSR count). The van der Waals surface area contributed by atoms with E-state index in [0.29, 0.717) is 11.3 Å². The Morgan fingerprint density at radius 3 is 2.55 bits per heavy atom. The van der Waals surface area contributed by atoms with Gasteiger partial charge in [-0.25, -0.2) is 5.43 Å². The number of ether oxygens (including phenoxy) is 1. The minimum absolute atomic E-state index is 0.276. The van der Waals surface area contributed by atoms with E-state index >= 15 is 0 Å². The highest BCUT2D eigenvalue weighted by Crippen LogP contribution is 2.21. The molecule has 1 atom stereocenters. The highest BCUT2D eigenvalue weighted by molar-refractivity contribution is 5.89. The molecule has 0 saturated carbocycles. The quantitative estimate of drug-likeness (QED) is 0.407. The fourth-order valence-corrected chi connectivity index (χ4v) is 3.01. The number of aromatic amines is 1. The maximum absolute atomic E-state index is 12.3. The Labute approximate surface area is 166 Å². The fourth-order valence-electron chi connectivity index (χ4n) is 3.01. The first-order valence-corrected chi connectivity index (χ1v) is 9.20. The zero-order valence-corrected chi connectivity index (χ0v) is 15.8. The lowest BCUT2D eigenvalue weighted by Gasteiger charge is -2.13. The largest absolute Gasteiger partial charge is 0.481 e. The summed E-state index contributed by atoms with van der Waals surface area (Å²) < 4.78 is 5.71. The maximum Gasteiger partial charge on any atom is 0.280 e. The van der Waals surface area contributed by atoms with Crippen LogP contribution in [0.3, 0.4) is 0 Å². The van der Waals surface area contributed by atoms with E-state index < -0.39 is 12.0 Å². The normalized spacial score (nSPS) is 12.3. The van der Waals surface area contributed by atoms with Gasteiger partial charge in [-0.3, -0.25) is 9.59 Å². The first-order valence-electron chi connectivity index (χ1n) is 9.20. The molecule has 0 bridgehead atoms. The van der Waals surface area contributed by atoms with E-state index in [-0.39, 0.29) is 5.56 Å². The van der Waals surface area contributed by atoms with E-state index in [1.54, 1.807) is 13.0 Å². The molecule has 1 aromatic heterocycles. The van der Waals surface area contributed by atoms with Gasteiger partial charge < -0.3 is 9.72 Å². The smallest absolute Gasteiger partial charge is 0.280 e. The second kappa shape index (κ2) is 7.98. The third-order valence-electron chi connectivity index (χ3n) is 4.56. The van der Waals surface area contributed by atoms with Crippen LogP contribution in [0.5, 0.6) is 5.75 Å². The number of nitrogens with one attached hydrogen (secondary N) is 2. The number of hydrogen-bond donors (Lipinski definition) is 2. The van der Waals surface area contributed by atoms with Crippen molar-refractivity contribution in [1.29, 1.82) is 0 Å². The molecule has 1 unspecified atom stereocenters. The first kappa shape index (κ1) is 18.4. The molecule has 0 aliphatic heterocycles. The maximum atomic E-state index is 12.3. The summed E-state index contributed by atoms with van der Waals surface area (Å²) >= 11 is 0. The van der Waals surface area contributed by atoms with Gasteiger partial charge in [0.1, 0.15) is 5.75 Å². The fraction of sp³-hybridized carbons (Fsp3) is 0.0870. The van der Waals surface area contributed by atoms with Gasteiger partial charge in [-0.2, -0.15) is 5.10 Å². The topological polar surface area (TPSA) is 83.5 Å². The van der Waals surface area contributed by atoms with Crippen molar-refractivity contribution in [2.45, 2.75) is 13.0 Å². The van der Waals surface area contributed by atoms with Gasteiger partial charge in [-0.05, 0) is 47.3 Å². The zero-order valence-electron chi connectivity index (χ0n) is 15.8. The average Bonchev–Trinajstić information content (AvgIpc) is 2.74. The minimum Gasteiger partial charge on any atom is -0.481 e. The number of aromatic nitrogens is 1. The van der Waals surface area contributed by atoms with Crippen LogP contribution < -0.4 is 15.7 Å². The number of hydrogen-bond acceptors (Lipinski definition) is 4. The van der Waals surface area contributed by atoms with Crippen LogP contribution in [0, 0.1) is 0 Å². The number of H-pyrrole nitrogens is 1. The van der Waals surface area contributed by atoms with Gasteiger partial charge in [0.25, 0.3) is 11.5 Å². The zero-order chi connectivity index (χ0) is 20.2. The van der Waals surface area contributed by atoms with Gasteiger partial charge in [-0.1, -0.05) is 48.5 Å². The third kappa shape index (κ3) is 4.16. The summed E-state index contributed by atoms with van der Waals surface area (Å²) in [6.07, 6.45) is 0.578. The van der Waals surface area contributed by atoms with Crippen molar-refractivity contribution in [3.63, 3.8) is 0 Å². The lowest BCUT2D eigenvalue weighted by molar-refractivity contribution is -0.127. The molecule has 2 N–H and O–H groups in total. The number of carbonyl (C=O) groups excluding carboxylic acids is 1. The van der Waals surface area contributed by atoms with Crippen LogP contribution in [0.2, 0.25) is 0 Å². The van der Waals surface area contributed by atoms with Crippen LogP contribution in [0.4, 0.5) is 0 Å². The Bertz CT molecular complexity index is 1280. The standard InChI is InChI=1S/C23H19N3O3/c1-15(29-20-11-10-16-6-2-3-7-17(16)13-20)22(27)26-24-14-19-12-18-8-4-5-9-21(18)25-23(19)28/h2-15H,1H3,(H,25,28)(H,26,27)/b24-14+. The molecule has 0 aliphatic rings. The number of rotatable bonds is 5. The second-order valence-corrected chi connectivity index (χ2v) is 6.64. The number of para-hydroxylation sites is 1. The number of pyridine rings is 1. The van der Waals surface area contributed by atoms with Gasteiger partial charge in [0.2, 0.25) is 0 Å². The van der Waals surface area contributed by atoms with E-state index in [1.807, 2.05) is 66.7 Å². The Kier molecular flexibility index (Phi) is 5.07. The lowest BCUT2D eigenvalue weighted by atomic mass is 10.1. The van der Waals surface area contributed by atoms with Gasteiger partial charge in [0.15, 0.2) is 6.10 Å². The molecule has 1 amide bonds. The van der Waals surface area contributed by atoms with Crippen molar-refractivity contribution in [2.75, 3.05) is 0 Å². The Balaban J connectivity index is 1.42. The van der Waals surface area contributed by atoms with Gasteiger partial charge in [0, 0.05) is 5.52 Å². The van der Waals surface area contributed by atoms with E-state index in [1.165, 1.54) is 6.21 Å². The van der Waals surface area contributed by atoms with Crippen LogP contribution in [0.1, 0.15) is 12.5 Å². The van der Waals surface area contributed by atoms with E-state index in [9.17, 15) is 9.59 Å². The molecule has 6 nitrogen and oxygen atoms in total. The molecule has 0 fully saturated rings. The minimum atomic E-state index is -0.747. The Hall–Kier alpha value is -3.93. The molecule has 1 heterocycles. The van der Waals surface area contributed by atoms with Crippen LogP contribution in [-0.4, -0.2) is 23.2 Å². The molecule has 0 saturated heterocycles. The van der Waals surface area contributed by atoms with Crippen molar-refractivity contribution in [2.24, 2.45) is 5.10 Å². The Morgan fingerprint density at radius 1 is 1.00 bits per heavy atom. The number of carbonyl (C=O) groups is 1. The van der Waals surface area contributed by atoms with E-state index in [2.05, 4.69) is 15.5 Å². The van der Waals surface area contributed by atoms with Crippen molar-refractivity contribution in [1.82, 2.24) is 10.4 Å². The summed E-state index contributed by atoms with van der Waals surface area (Å²) in [5.74, 6) is 0.188. The predicted molar refractivity (Wildman–Crippen MR) is 114 cm³/mol. The van der Waals surface area contributed by atoms with Crippen LogP contribution in [0.25, 0.3) is 21.7 Å². The van der Waals surface area contributed by atoms with E-state index in [0.717, 1.165) is 21.7 Å². The number of nitrogens with zero attached hydrogens (tertiary/aromatic N) is 1. The summed E-state index contributed by atoms with van der Waals surface area (Å²) in [6, 6.07) is 22.7. The molecule has 0 radical (unpaired) electrons.